The van der Waals surface area contributed by atoms with Gasteiger partial charge in [0.05, 0.1) is 0 Å². The minimum atomic E-state index is -0.119. The third-order valence-electron chi connectivity index (χ3n) is 2.69. The van der Waals surface area contributed by atoms with Gasteiger partial charge >= 0.3 is 0 Å². The Balaban J connectivity index is 2.00. The van der Waals surface area contributed by atoms with Crippen LogP contribution in [0.2, 0.25) is 5.02 Å². The summed E-state index contributed by atoms with van der Waals surface area (Å²) < 4.78 is 0. The summed E-state index contributed by atoms with van der Waals surface area (Å²) in [5.74, 6) is -0.119. The minimum Gasteiger partial charge on any atom is -0.348 e. The highest BCUT2D eigenvalue weighted by molar-refractivity contribution is 9.08. The van der Waals surface area contributed by atoms with Gasteiger partial charge in [-0.2, -0.15) is 0 Å². The predicted molar refractivity (Wildman–Crippen MR) is 81.7 cm³/mol. The molecule has 0 atom stereocenters. The fourth-order valence-corrected chi connectivity index (χ4v) is 2.28. The van der Waals surface area contributed by atoms with Gasteiger partial charge < -0.3 is 5.32 Å². The lowest BCUT2D eigenvalue weighted by Gasteiger charge is -2.07. The summed E-state index contributed by atoms with van der Waals surface area (Å²) >= 11 is 9.27. The van der Waals surface area contributed by atoms with Gasteiger partial charge in [0.2, 0.25) is 0 Å². The first kappa shape index (κ1) is 14.1. The number of amides is 1. The molecule has 0 heterocycles. The van der Waals surface area contributed by atoms with Crippen molar-refractivity contribution in [1.82, 2.24) is 5.32 Å². The number of benzene rings is 2. The van der Waals surface area contributed by atoms with E-state index in [4.69, 9.17) is 11.6 Å². The fourth-order valence-electron chi connectivity index (χ4n) is 1.74. The van der Waals surface area contributed by atoms with Crippen molar-refractivity contribution in [2.24, 2.45) is 0 Å². The molecule has 1 amide bonds. The lowest BCUT2D eigenvalue weighted by molar-refractivity contribution is 0.0951. The molecule has 0 spiro atoms. The number of alkyl halides is 1. The highest BCUT2D eigenvalue weighted by atomic mass is 79.9. The molecule has 0 bridgehead atoms. The molecule has 0 saturated carbocycles. The Morgan fingerprint density at radius 2 is 1.84 bits per heavy atom. The smallest absolute Gasteiger partial charge is 0.251 e. The van der Waals surface area contributed by atoms with Crippen LogP contribution in [0.25, 0.3) is 0 Å². The largest absolute Gasteiger partial charge is 0.348 e. The maximum atomic E-state index is 11.9. The molecular formula is C15H13BrClNO. The summed E-state index contributed by atoms with van der Waals surface area (Å²) in [7, 11) is 0. The molecule has 2 rings (SSSR count). The number of carbonyl (C=O) groups excluding carboxylic acids is 1. The Labute approximate surface area is 125 Å². The van der Waals surface area contributed by atoms with Gasteiger partial charge in [0.25, 0.3) is 5.91 Å². The molecule has 0 unspecified atom stereocenters. The van der Waals surface area contributed by atoms with Gasteiger partial charge in [-0.25, -0.2) is 0 Å². The number of carbonyl (C=O) groups is 1. The molecule has 2 aromatic rings. The normalized spacial score (nSPS) is 10.2. The van der Waals surface area contributed by atoms with Crippen molar-refractivity contribution >= 4 is 33.4 Å². The van der Waals surface area contributed by atoms with Crippen molar-refractivity contribution in [3.05, 3.63) is 70.2 Å². The maximum absolute atomic E-state index is 11.9. The van der Waals surface area contributed by atoms with E-state index >= 15 is 0 Å². The van der Waals surface area contributed by atoms with Gasteiger partial charge in [-0.15, -0.1) is 0 Å². The van der Waals surface area contributed by atoms with Gasteiger partial charge in [-0.05, 0) is 29.3 Å². The first-order chi connectivity index (χ1) is 9.19. The van der Waals surface area contributed by atoms with Crippen LogP contribution in [-0.4, -0.2) is 5.91 Å². The van der Waals surface area contributed by atoms with Gasteiger partial charge in [-0.1, -0.05) is 57.9 Å². The van der Waals surface area contributed by atoms with E-state index in [9.17, 15) is 4.79 Å². The molecule has 0 aliphatic carbocycles. The summed E-state index contributed by atoms with van der Waals surface area (Å²) in [6.45, 7) is 0.506. The van der Waals surface area contributed by atoms with Crippen molar-refractivity contribution in [3.8, 4) is 0 Å². The molecule has 0 aromatic heterocycles. The summed E-state index contributed by atoms with van der Waals surface area (Å²) in [4.78, 5) is 11.9. The number of halogens is 2. The van der Waals surface area contributed by atoms with Crippen molar-refractivity contribution in [2.45, 2.75) is 11.9 Å². The molecule has 4 heteroatoms. The average Bonchev–Trinajstić information content (AvgIpc) is 2.45. The van der Waals surface area contributed by atoms with E-state index in [1.54, 1.807) is 24.3 Å². The van der Waals surface area contributed by atoms with Gasteiger partial charge in [0.15, 0.2) is 0 Å². The second-order valence-corrected chi connectivity index (χ2v) is 5.14. The Morgan fingerprint density at radius 3 is 2.58 bits per heavy atom. The molecule has 0 radical (unpaired) electrons. The van der Waals surface area contributed by atoms with Crippen LogP contribution < -0.4 is 5.32 Å². The van der Waals surface area contributed by atoms with Gasteiger partial charge in [0.1, 0.15) is 0 Å². The third-order valence-corrected chi connectivity index (χ3v) is 3.57. The zero-order valence-electron chi connectivity index (χ0n) is 10.2. The van der Waals surface area contributed by atoms with Crippen molar-refractivity contribution in [2.75, 3.05) is 0 Å². The highest BCUT2D eigenvalue weighted by Crippen LogP contribution is 2.11. The SMILES string of the molecule is O=C(NCc1cccc(CBr)c1)c1cccc(Cl)c1. The van der Waals surface area contributed by atoms with Crippen molar-refractivity contribution in [1.29, 1.82) is 0 Å². The van der Waals surface area contributed by atoms with Crippen LogP contribution in [-0.2, 0) is 11.9 Å². The quantitative estimate of drug-likeness (QED) is 0.833. The van der Waals surface area contributed by atoms with Crippen LogP contribution >= 0.6 is 27.5 Å². The average molecular weight is 339 g/mol. The molecule has 19 heavy (non-hydrogen) atoms. The van der Waals surface area contributed by atoms with Crippen LogP contribution in [0.15, 0.2) is 48.5 Å². The summed E-state index contributed by atoms with van der Waals surface area (Å²) in [6.07, 6.45) is 0. The predicted octanol–water partition coefficient (Wildman–Crippen LogP) is 4.16. The molecule has 0 fully saturated rings. The lowest BCUT2D eigenvalue weighted by atomic mass is 10.1. The van der Waals surface area contributed by atoms with Gasteiger partial charge in [-0.3, -0.25) is 4.79 Å². The van der Waals surface area contributed by atoms with Gasteiger partial charge in [0, 0.05) is 22.5 Å². The number of hydrogen-bond acceptors (Lipinski definition) is 1. The van der Waals surface area contributed by atoms with Crippen molar-refractivity contribution < 1.29 is 4.79 Å². The maximum Gasteiger partial charge on any atom is 0.251 e. The highest BCUT2D eigenvalue weighted by Gasteiger charge is 2.05. The van der Waals surface area contributed by atoms with Crippen LogP contribution in [0.4, 0.5) is 0 Å². The molecule has 0 aliphatic heterocycles. The van der Waals surface area contributed by atoms with Crippen molar-refractivity contribution in [3.63, 3.8) is 0 Å². The first-order valence-electron chi connectivity index (χ1n) is 5.86. The van der Waals surface area contributed by atoms with Crippen LogP contribution in [0, 0.1) is 0 Å². The number of nitrogens with one attached hydrogen (secondary N) is 1. The Hall–Kier alpha value is -1.32. The van der Waals surface area contributed by atoms with Crippen LogP contribution in [0.1, 0.15) is 21.5 Å². The monoisotopic (exact) mass is 337 g/mol. The summed E-state index contributed by atoms with van der Waals surface area (Å²) in [6, 6.07) is 15.0. The van der Waals surface area contributed by atoms with E-state index in [1.807, 2.05) is 18.2 Å². The van der Waals surface area contributed by atoms with E-state index in [2.05, 4.69) is 27.3 Å². The van der Waals surface area contributed by atoms with E-state index in [0.717, 1.165) is 10.9 Å². The second-order valence-electron chi connectivity index (χ2n) is 4.15. The van der Waals surface area contributed by atoms with E-state index in [-0.39, 0.29) is 5.91 Å². The summed E-state index contributed by atoms with van der Waals surface area (Å²) in [5.41, 5.74) is 2.84. The molecule has 0 aliphatic rings. The van der Waals surface area contributed by atoms with Crippen LogP contribution in [0.5, 0.6) is 0 Å². The fraction of sp³-hybridized carbons (Fsp3) is 0.133. The molecule has 98 valence electrons. The van der Waals surface area contributed by atoms with E-state index in [0.29, 0.717) is 17.1 Å². The topological polar surface area (TPSA) is 29.1 Å². The molecular weight excluding hydrogens is 326 g/mol. The second kappa shape index (κ2) is 6.73. The molecule has 2 nitrogen and oxygen atoms in total. The van der Waals surface area contributed by atoms with E-state index in [1.165, 1.54) is 5.56 Å². The molecule has 1 N–H and O–H groups in total. The Morgan fingerprint density at radius 1 is 1.11 bits per heavy atom. The van der Waals surface area contributed by atoms with Crippen LogP contribution in [0.3, 0.4) is 0 Å². The molecule has 0 saturated heterocycles. The first-order valence-corrected chi connectivity index (χ1v) is 7.36. The summed E-state index contributed by atoms with van der Waals surface area (Å²) in [5, 5.41) is 4.25. The number of rotatable bonds is 4. The third kappa shape index (κ3) is 4.08. The van der Waals surface area contributed by atoms with E-state index < -0.39 is 0 Å². The Kier molecular flexibility index (Phi) is 5.00. The lowest BCUT2D eigenvalue weighted by Crippen LogP contribution is -2.22. The minimum absolute atomic E-state index is 0.119. The zero-order valence-corrected chi connectivity index (χ0v) is 12.5. The molecule has 2 aromatic carbocycles. The standard InChI is InChI=1S/C15H13BrClNO/c16-9-11-3-1-4-12(7-11)10-18-15(19)13-5-2-6-14(17)8-13/h1-8H,9-10H2,(H,18,19). The zero-order chi connectivity index (χ0) is 13.7. The number of hydrogen-bond donors (Lipinski definition) is 1. The Bertz CT molecular complexity index is 586.